The average molecular weight is 407 g/mol. The normalized spacial score (nSPS) is 10.3. The van der Waals surface area contributed by atoms with E-state index in [1.165, 1.54) is 10.6 Å². The van der Waals surface area contributed by atoms with Gasteiger partial charge >= 0.3 is 5.97 Å². The summed E-state index contributed by atoms with van der Waals surface area (Å²) in [6.07, 6.45) is 3.34. The van der Waals surface area contributed by atoms with Crippen molar-refractivity contribution in [1.29, 1.82) is 0 Å². The van der Waals surface area contributed by atoms with Crippen LogP contribution in [0.2, 0.25) is 0 Å². The summed E-state index contributed by atoms with van der Waals surface area (Å²) in [6, 6.07) is 9.44. The molecule has 25 heavy (non-hydrogen) atoms. The van der Waals surface area contributed by atoms with Crippen LogP contribution in [0.1, 0.15) is 30.1 Å². The van der Waals surface area contributed by atoms with Gasteiger partial charge in [0.25, 0.3) is 5.56 Å². The van der Waals surface area contributed by atoms with E-state index in [2.05, 4.69) is 21.2 Å². The number of amides is 1. The van der Waals surface area contributed by atoms with Crippen LogP contribution in [-0.2, 0) is 16.1 Å². The summed E-state index contributed by atoms with van der Waals surface area (Å²) in [6.45, 7) is 2.32. The molecule has 0 saturated heterocycles. The van der Waals surface area contributed by atoms with Crippen molar-refractivity contribution in [3.05, 3.63) is 63.0 Å². The smallest absolute Gasteiger partial charge is 0.338 e. The van der Waals surface area contributed by atoms with Crippen molar-refractivity contribution in [3.63, 3.8) is 0 Å². The molecule has 0 radical (unpaired) electrons. The van der Waals surface area contributed by atoms with Crippen LogP contribution in [0.3, 0.4) is 0 Å². The lowest BCUT2D eigenvalue weighted by atomic mass is 10.2. The van der Waals surface area contributed by atoms with Gasteiger partial charge in [0.05, 0.1) is 12.2 Å². The second kappa shape index (κ2) is 9.17. The molecule has 0 aliphatic heterocycles. The Morgan fingerprint density at radius 2 is 1.88 bits per heavy atom. The predicted octanol–water partition coefficient (Wildman–Crippen LogP) is 3.21. The molecule has 0 aliphatic rings. The Morgan fingerprint density at radius 1 is 1.16 bits per heavy atom. The summed E-state index contributed by atoms with van der Waals surface area (Å²) in [5.74, 6) is -0.717. The van der Waals surface area contributed by atoms with Gasteiger partial charge < -0.3 is 14.6 Å². The van der Waals surface area contributed by atoms with E-state index in [0.29, 0.717) is 22.3 Å². The summed E-state index contributed by atoms with van der Waals surface area (Å²) in [7, 11) is 0. The first-order valence-electron chi connectivity index (χ1n) is 7.92. The molecule has 1 heterocycles. The molecule has 0 aliphatic carbocycles. The molecule has 0 unspecified atom stereocenters. The third kappa shape index (κ3) is 5.86. The fourth-order valence-electron chi connectivity index (χ4n) is 2.06. The second-order valence-electron chi connectivity index (χ2n) is 5.43. The first-order chi connectivity index (χ1) is 12.0. The fourth-order valence-corrected chi connectivity index (χ4v) is 2.44. The van der Waals surface area contributed by atoms with Crippen molar-refractivity contribution in [2.75, 3.05) is 11.9 Å². The molecule has 0 bridgehead atoms. The maximum Gasteiger partial charge on any atom is 0.338 e. The van der Waals surface area contributed by atoms with Gasteiger partial charge in [0, 0.05) is 22.4 Å². The van der Waals surface area contributed by atoms with Crippen LogP contribution in [0.15, 0.2) is 51.9 Å². The van der Waals surface area contributed by atoms with E-state index < -0.39 is 0 Å². The van der Waals surface area contributed by atoms with Gasteiger partial charge in [-0.05, 0) is 52.7 Å². The van der Waals surface area contributed by atoms with Gasteiger partial charge in [-0.25, -0.2) is 4.79 Å². The van der Waals surface area contributed by atoms with E-state index in [0.717, 1.165) is 12.8 Å². The van der Waals surface area contributed by atoms with Crippen molar-refractivity contribution >= 4 is 33.5 Å². The summed E-state index contributed by atoms with van der Waals surface area (Å²) in [5.41, 5.74) is 0.707. The molecule has 0 atom stereocenters. The molecular formula is C18H19BrN2O4. The van der Waals surface area contributed by atoms with Gasteiger partial charge in [-0.3, -0.25) is 9.59 Å². The topological polar surface area (TPSA) is 77.4 Å². The second-order valence-corrected chi connectivity index (χ2v) is 6.34. The number of carbonyl (C=O) groups excluding carboxylic acids is 2. The van der Waals surface area contributed by atoms with E-state index in [9.17, 15) is 14.4 Å². The molecule has 2 rings (SSSR count). The molecule has 1 aromatic heterocycles. The van der Waals surface area contributed by atoms with Crippen LogP contribution in [0.5, 0.6) is 0 Å². The number of rotatable bonds is 7. The molecule has 0 fully saturated rings. The largest absolute Gasteiger partial charge is 0.462 e. The third-order valence-electron chi connectivity index (χ3n) is 3.40. The number of aromatic nitrogens is 1. The quantitative estimate of drug-likeness (QED) is 0.565. The number of nitrogens with zero attached hydrogens (tertiary/aromatic N) is 1. The number of unbranched alkanes of at least 4 members (excludes halogenated alkanes) is 1. The highest BCUT2D eigenvalue weighted by Gasteiger charge is 2.09. The lowest BCUT2D eigenvalue weighted by Gasteiger charge is -2.08. The Labute approximate surface area is 153 Å². The number of halogens is 1. The van der Waals surface area contributed by atoms with Crippen LogP contribution >= 0.6 is 15.9 Å². The van der Waals surface area contributed by atoms with Gasteiger partial charge in [-0.2, -0.15) is 0 Å². The third-order valence-corrected chi connectivity index (χ3v) is 3.87. The summed E-state index contributed by atoms with van der Waals surface area (Å²) in [4.78, 5) is 35.6. The van der Waals surface area contributed by atoms with Crippen molar-refractivity contribution in [2.24, 2.45) is 0 Å². The zero-order valence-corrected chi connectivity index (χ0v) is 15.4. The number of hydrogen-bond acceptors (Lipinski definition) is 4. The molecule has 1 amide bonds. The van der Waals surface area contributed by atoms with E-state index in [-0.39, 0.29) is 24.0 Å². The highest BCUT2D eigenvalue weighted by Crippen LogP contribution is 2.11. The van der Waals surface area contributed by atoms with E-state index in [1.807, 2.05) is 6.92 Å². The number of carbonyl (C=O) groups is 2. The molecule has 7 heteroatoms. The number of nitrogens with one attached hydrogen (secondary N) is 1. The van der Waals surface area contributed by atoms with Crippen LogP contribution in [0.25, 0.3) is 0 Å². The first kappa shape index (κ1) is 18.9. The van der Waals surface area contributed by atoms with Crippen molar-refractivity contribution < 1.29 is 14.3 Å². The van der Waals surface area contributed by atoms with Gasteiger partial charge in [-0.1, -0.05) is 13.3 Å². The van der Waals surface area contributed by atoms with E-state index in [4.69, 9.17) is 4.74 Å². The highest BCUT2D eigenvalue weighted by molar-refractivity contribution is 9.10. The minimum Gasteiger partial charge on any atom is -0.462 e. The highest BCUT2D eigenvalue weighted by atomic mass is 79.9. The van der Waals surface area contributed by atoms with Gasteiger partial charge in [0.15, 0.2) is 0 Å². The average Bonchev–Trinajstić information content (AvgIpc) is 2.59. The van der Waals surface area contributed by atoms with Crippen LogP contribution in [0, 0.1) is 0 Å². The molecule has 1 aromatic carbocycles. The summed E-state index contributed by atoms with van der Waals surface area (Å²) in [5, 5.41) is 2.69. The molecule has 0 spiro atoms. The SMILES string of the molecule is CCCCOC(=O)c1ccc(NC(=O)Cn2cc(Br)ccc2=O)cc1. The van der Waals surface area contributed by atoms with E-state index >= 15 is 0 Å². The molecule has 2 aromatic rings. The first-order valence-corrected chi connectivity index (χ1v) is 8.72. The fraction of sp³-hybridized carbons (Fsp3) is 0.278. The number of hydrogen-bond donors (Lipinski definition) is 1. The standard InChI is InChI=1S/C18H19BrN2O4/c1-2-3-10-25-18(24)13-4-7-15(8-5-13)20-16(22)12-21-11-14(19)6-9-17(21)23/h4-9,11H,2-3,10,12H2,1H3,(H,20,22). The minimum absolute atomic E-state index is 0.0981. The monoisotopic (exact) mass is 406 g/mol. The number of ether oxygens (including phenoxy) is 1. The zero-order valence-electron chi connectivity index (χ0n) is 13.8. The number of anilines is 1. The summed E-state index contributed by atoms with van der Waals surface area (Å²) >= 11 is 3.26. The molecule has 132 valence electrons. The Morgan fingerprint density at radius 3 is 2.56 bits per heavy atom. The number of benzene rings is 1. The number of esters is 1. The van der Waals surface area contributed by atoms with Crippen LogP contribution < -0.4 is 10.9 Å². The lowest BCUT2D eigenvalue weighted by Crippen LogP contribution is -2.26. The number of pyridine rings is 1. The molecule has 6 nitrogen and oxygen atoms in total. The Balaban J connectivity index is 1.94. The Hall–Kier alpha value is -2.41. The molecular weight excluding hydrogens is 388 g/mol. The van der Waals surface area contributed by atoms with Crippen molar-refractivity contribution in [1.82, 2.24) is 4.57 Å². The van der Waals surface area contributed by atoms with Crippen LogP contribution in [-0.4, -0.2) is 23.1 Å². The Bertz CT molecular complexity index is 799. The Kier molecular flexibility index (Phi) is 6.94. The molecule has 0 saturated carbocycles. The minimum atomic E-state index is -0.382. The van der Waals surface area contributed by atoms with Crippen LogP contribution in [0.4, 0.5) is 5.69 Å². The maximum atomic E-state index is 12.1. The van der Waals surface area contributed by atoms with Crippen molar-refractivity contribution in [2.45, 2.75) is 26.3 Å². The van der Waals surface area contributed by atoms with Gasteiger partial charge in [0.2, 0.25) is 5.91 Å². The van der Waals surface area contributed by atoms with E-state index in [1.54, 1.807) is 36.5 Å². The lowest BCUT2D eigenvalue weighted by molar-refractivity contribution is -0.116. The molecule has 1 N–H and O–H groups in total. The maximum absolute atomic E-state index is 12.1. The van der Waals surface area contributed by atoms with Gasteiger partial charge in [-0.15, -0.1) is 0 Å². The summed E-state index contributed by atoms with van der Waals surface area (Å²) < 4.78 is 7.14. The van der Waals surface area contributed by atoms with Crippen molar-refractivity contribution in [3.8, 4) is 0 Å². The zero-order chi connectivity index (χ0) is 18.2. The van der Waals surface area contributed by atoms with Gasteiger partial charge in [0.1, 0.15) is 6.54 Å². The predicted molar refractivity (Wildman–Crippen MR) is 98.7 cm³/mol.